The predicted octanol–water partition coefficient (Wildman–Crippen LogP) is 1.68. The van der Waals surface area contributed by atoms with Gasteiger partial charge in [-0.05, 0) is 30.2 Å². The van der Waals surface area contributed by atoms with Crippen molar-refractivity contribution in [3.8, 4) is 17.6 Å². The van der Waals surface area contributed by atoms with E-state index in [0.717, 1.165) is 24.3 Å². The van der Waals surface area contributed by atoms with Crippen LogP contribution in [0.5, 0.6) is 5.75 Å². The average Bonchev–Trinajstić information content (AvgIpc) is 2.64. The van der Waals surface area contributed by atoms with E-state index in [1.165, 1.54) is 5.56 Å². The Morgan fingerprint density at radius 1 is 1.50 bits per heavy atom. The number of aliphatic hydroxyl groups is 1. The molecule has 0 fully saturated rings. The Labute approximate surface area is 83.5 Å². The molecule has 0 amide bonds. The summed E-state index contributed by atoms with van der Waals surface area (Å²) in [7, 11) is 0. The van der Waals surface area contributed by atoms with Gasteiger partial charge in [0.1, 0.15) is 11.9 Å². The molecule has 0 aromatic heterocycles. The number of hydrogen-bond donors (Lipinski definition) is 1. The van der Waals surface area contributed by atoms with Crippen molar-refractivity contribution in [2.75, 3.05) is 6.61 Å². The topological polar surface area (TPSA) is 29.5 Å². The van der Waals surface area contributed by atoms with E-state index in [0.29, 0.717) is 0 Å². The summed E-state index contributed by atoms with van der Waals surface area (Å²) in [6.07, 6.45) is 0.251. The molecule has 0 saturated carbocycles. The first-order chi connectivity index (χ1) is 6.81. The number of benzene rings is 1. The summed E-state index contributed by atoms with van der Waals surface area (Å²) in [5.41, 5.74) is 2.02. The molecule has 1 aromatic rings. The summed E-state index contributed by atoms with van der Waals surface area (Å²) < 4.78 is 5.38. The monoisotopic (exact) mass is 188 g/mol. The van der Waals surface area contributed by atoms with Gasteiger partial charge in [-0.3, -0.25) is 0 Å². The second-order valence-electron chi connectivity index (χ2n) is 3.26. The number of aliphatic hydroxyl groups excluding tert-OH is 1. The van der Waals surface area contributed by atoms with E-state index in [1.807, 2.05) is 18.2 Å². The van der Waals surface area contributed by atoms with Crippen LogP contribution in [0.4, 0.5) is 0 Å². The van der Waals surface area contributed by atoms with Crippen molar-refractivity contribution >= 4 is 0 Å². The number of hydrogen-bond acceptors (Lipinski definition) is 2. The Balaban J connectivity index is 2.31. The molecular weight excluding hydrogens is 176 g/mol. The maximum absolute atomic E-state index is 9.64. The molecule has 0 aliphatic carbocycles. The van der Waals surface area contributed by atoms with Gasteiger partial charge in [-0.1, -0.05) is 12.0 Å². The smallest absolute Gasteiger partial charge is 0.140 e. The van der Waals surface area contributed by atoms with Gasteiger partial charge in [-0.2, -0.15) is 0 Å². The Morgan fingerprint density at radius 2 is 2.36 bits per heavy atom. The molecule has 1 aliphatic rings. The first-order valence-electron chi connectivity index (χ1n) is 4.67. The Morgan fingerprint density at radius 3 is 3.14 bits per heavy atom. The quantitative estimate of drug-likeness (QED) is 0.679. The van der Waals surface area contributed by atoms with Crippen molar-refractivity contribution in [3.05, 3.63) is 29.3 Å². The zero-order valence-corrected chi connectivity index (χ0v) is 8.08. The van der Waals surface area contributed by atoms with Crippen molar-refractivity contribution in [2.45, 2.75) is 19.4 Å². The molecule has 2 nitrogen and oxygen atoms in total. The minimum absolute atomic E-state index is 0.675. The lowest BCUT2D eigenvalue weighted by atomic mass is 10.0. The lowest BCUT2D eigenvalue weighted by Gasteiger charge is -2.05. The number of ether oxygens (including phenoxy) is 1. The summed E-state index contributed by atoms with van der Waals surface area (Å²) >= 11 is 0. The molecule has 72 valence electrons. The standard InChI is InChI=1S/C12H12O2/c1-2-3-11(13)9-4-5-12-10(8-9)6-7-14-12/h4-5,8,11,13H,6-7H2,1H3. The van der Waals surface area contributed by atoms with Crippen LogP contribution in [0.25, 0.3) is 0 Å². The predicted molar refractivity (Wildman–Crippen MR) is 54.1 cm³/mol. The van der Waals surface area contributed by atoms with Crippen molar-refractivity contribution in [1.82, 2.24) is 0 Å². The third-order valence-electron chi connectivity index (χ3n) is 2.31. The van der Waals surface area contributed by atoms with Crippen LogP contribution in [0.15, 0.2) is 18.2 Å². The molecule has 0 saturated heterocycles. The van der Waals surface area contributed by atoms with Gasteiger partial charge in [0.05, 0.1) is 6.61 Å². The van der Waals surface area contributed by atoms with Crippen LogP contribution >= 0.6 is 0 Å². The van der Waals surface area contributed by atoms with E-state index in [-0.39, 0.29) is 0 Å². The van der Waals surface area contributed by atoms with Crippen molar-refractivity contribution in [1.29, 1.82) is 0 Å². The van der Waals surface area contributed by atoms with Crippen LogP contribution in [0, 0.1) is 11.8 Å². The number of fused-ring (bicyclic) bond motifs is 1. The average molecular weight is 188 g/mol. The van der Waals surface area contributed by atoms with Gasteiger partial charge in [0.2, 0.25) is 0 Å². The van der Waals surface area contributed by atoms with Crippen LogP contribution in [-0.4, -0.2) is 11.7 Å². The molecule has 1 aromatic carbocycles. The summed E-state index contributed by atoms with van der Waals surface area (Å²) in [5.74, 6) is 6.36. The molecule has 1 unspecified atom stereocenters. The largest absolute Gasteiger partial charge is 0.493 e. The van der Waals surface area contributed by atoms with E-state index in [4.69, 9.17) is 4.74 Å². The number of rotatable bonds is 1. The van der Waals surface area contributed by atoms with Crippen molar-refractivity contribution in [3.63, 3.8) is 0 Å². The first-order valence-corrected chi connectivity index (χ1v) is 4.67. The molecular formula is C12H12O2. The fourth-order valence-electron chi connectivity index (χ4n) is 1.60. The normalized spacial score (nSPS) is 15.0. The van der Waals surface area contributed by atoms with Crippen molar-refractivity contribution < 1.29 is 9.84 Å². The zero-order valence-electron chi connectivity index (χ0n) is 8.08. The molecule has 1 heterocycles. The van der Waals surface area contributed by atoms with E-state index in [2.05, 4.69) is 11.8 Å². The molecule has 2 heteroatoms. The highest BCUT2D eigenvalue weighted by Gasteiger charge is 2.13. The fraction of sp³-hybridized carbons (Fsp3) is 0.333. The summed E-state index contributed by atoms with van der Waals surface area (Å²) in [5, 5.41) is 9.64. The van der Waals surface area contributed by atoms with E-state index in [9.17, 15) is 5.11 Å². The Kier molecular flexibility index (Phi) is 2.43. The van der Waals surface area contributed by atoms with Gasteiger partial charge in [-0.15, -0.1) is 5.92 Å². The van der Waals surface area contributed by atoms with Crippen molar-refractivity contribution in [2.24, 2.45) is 0 Å². The molecule has 14 heavy (non-hydrogen) atoms. The van der Waals surface area contributed by atoms with E-state index < -0.39 is 6.10 Å². The lowest BCUT2D eigenvalue weighted by molar-refractivity contribution is 0.238. The molecule has 1 N–H and O–H groups in total. The first kappa shape index (κ1) is 9.11. The molecule has 0 spiro atoms. The highest BCUT2D eigenvalue weighted by molar-refractivity contribution is 5.41. The SMILES string of the molecule is CC#CC(O)c1ccc2c(c1)CCO2. The van der Waals surface area contributed by atoms with Gasteiger partial charge in [0.15, 0.2) is 0 Å². The Bertz CT molecular complexity index is 399. The highest BCUT2D eigenvalue weighted by Crippen LogP contribution is 2.27. The van der Waals surface area contributed by atoms with E-state index >= 15 is 0 Å². The van der Waals surface area contributed by atoms with Crippen LogP contribution in [0.2, 0.25) is 0 Å². The zero-order chi connectivity index (χ0) is 9.97. The summed E-state index contributed by atoms with van der Waals surface area (Å²) in [4.78, 5) is 0. The molecule has 1 aliphatic heterocycles. The van der Waals surface area contributed by atoms with Crippen LogP contribution in [0.3, 0.4) is 0 Å². The maximum Gasteiger partial charge on any atom is 0.140 e. The second-order valence-corrected chi connectivity index (χ2v) is 3.26. The summed E-state index contributed by atoms with van der Waals surface area (Å²) in [6, 6.07) is 5.73. The molecule has 1 atom stereocenters. The van der Waals surface area contributed by atoms with E-state index in [1.54, 1.807) is 6.92 Å². The molecule has 0 radical (unpaired) electrons. The fourth-order valence-corrected chi connectivity index (χ4v) is 1.60. The third kappa shape index (κ3) is 1.59. The minimum Gasteiger partial charge on any atom is -0.493 e. The van der Waals surface area contributed by atoms with Gasteiger partial charge in [-0.25, -0.2) is 0 Å². The van der Waals surface area contributed by atoms with Gasteiger partial charge in [0.25, 0.3) is 0 Å². The van der Waals surface area contributed by atoms with Crippen LogP contribution in [-0.2, 0) is 6.42 Å². The molecule has 0 bridgehead atoms. The molecule has 2 rings (SSSR count). The second kappa shape index (κ2) is 3.73. The summed E-state index contributed by atoms with van der Waals surface area (Å²) in [6.45, 7) is 2.47. The highest BCUT2D eigenvalue weighted by atomic mass is 16.5. The van der Waals surface area contributed by atoms with Crippen LogP contribution in [0.1, 0.15) is 24.2 Å². The van der Waals surface area contributed by atoms with Gasteiger partial charge in [0, 0.05) is 6.42 Å². The lowest BCUT2D eigenvalue weighted by Crippen LogP contribution is -1.94. The van der Waals surface area contributed by atoms with Gasteiger partial charge >= 0.3 is 0 Å². The maximum atomic E-state index is 9.64. The Hall–Kier alpha value is -1.46. The third-order valence-corrected chi connectivity index (χ3v) is 2.31. The minimum atomic E-state index is -0.675. The van der Waals surface area contributed by atoms with Crippen LogP contribution < -0.4 is 4.74 Å². The van der Waals surface area contributed by atoms with Gasteiger partial charge < -0.3 is 9.84 Å².